The van der Waals surface area contributed by atoms with Gasteiger partial charge in [0.2, 0.25) is 5.43 Å². The van der Waals surface area contributed by atoms with Crippen LogP contribution in [0.4, 0.5) is 0 Å². The molecule has 0 bridgehead atoms. The number of aromatic nitrogens is 1. The van der Waals surface area contributed by atoms with E-state index in [-0.39, 0.29) is 5.56 Å². The molecule has 0 aliphatic heterocycles. The third-order valence-corrected chi connectivity index (χ3v) is 5.47. The molecule has 0 aliphatic rings. The molecule has 0 saturated heterocycles. The SMILES string of the molecule is CCn1cc(C(=O)O)c(=O)c2cc(/C=N/OCCN(C(C)C)C(C)C)sc21. The quantitative estimate of drug-likeness (QED) is 0.402. The predicted octanol–water partition coefficient (Wildman–Crippen LogP) is 3.25. The predicted molar refractivity (Wildman–Crippen MR) is 109 cm³/mol. The van der Waals surface area contributed by atoms with Gasteiger partial charge < -0.3 is 14.5 Å². The highest BCUT2D eigenvalue weighted by Gasteiger charge is 2.16. The van der Waals surface area contributed by atoms with E-state index in [4.69, 9.17) is 4.84 Å². The Morgan fingerprint density at radius 1 is 1.37 bits per heavy atom. The number of thiophene rings is 1. The highest BCUT2D eigenvalue weighted by Crippen LogP contribution is 2.23. The van der Waals surface area contributed by atoms with Crippen molar-refractivity contribution < 1.29 is 14.7 Å². The summed E-state index contributed by atoms with van der Waals surface area (Å²) in [6, 6.07) is 2.54. The van der Waals surface area contributed by atoms with Crippen LogP contribution in [0.5, 0.6) is 0 Å². The molecule has 2 heterocycles. The number of aromatic carboxylic acids is 1. The molecular formula is C19H27N3O4S. The first-order valence-electron chi connectivity index (χ1n) is 9.07. The van der Waals surface area contributed by atoms with E-state index >= 15 is 0 Å². The lowest BCUT2D eigenvalue weighted by Crippen LogP contribution is -2.39. The second kappa shape index (κ2) is 9.14. The molecule has 0 saturated carbocycles. The van der Waals surface area contributed by atoms with E-state index in [0.717, 1.165) is 16.3 Å². The highest BCUT2D eigenvalue weighted by atomic mass is 32.1. The average molecular weight is 394 g/mol. The summed E-state index contributed by atoms with van der Waals surface area (Å²) in [4.78, 5) is 32.8. The Kier molecular flexibility index (Phi) is 7.15. The molecule has 0 aliphatic carbocycles. The molecule has 8 heteroatoms. The van der Waals surface area contributed by atoms with Crippen LogP contribution in [0.3, 0.4) is 0 Å². The molecule has 7 nitrogen and oxygen atoms in total. The Balaban J connectivity index is 2.13. The number of rotatable bonds is 9. The zero-order valence-electron chi connectivity index (χ0n) is 16.4. The fraction of sp³-hybridized carbons (Fsp3) is 0.526. The van der Waals surface area contributed by atoms with Gasteiger partial charge in [0.05, 0.1) is 16.5 Å². The first-order valence-corrected chi connectivity index (χ1v) is 9.89. The van der Waals surface area contributed by atoms with Crippen LogP contribution in [-0.4, -0.2) is 52.0 Å². The molecule has 2 aromatic heterocycles. The van der Waals surface area contributed by atoms with E-state index in [1.54, 1.807) is 16.8 Å². The van der Waals surface area contributed by atoms with Crippen molar-refractivity contribution in [3.05, 3.63) is 32.9 Å². The van der Waals surface area contributed by atoms with Crippen LogP contribution < -0.4 is 5.43 Å². The minimum atomic E-state index is -1.21. The maximum absolute atomic E-state index is 12.4. The fourth-order valence-electron chi connectivity index (χ4n) is 3.05. The number of carboxylic acids is 1. The van der Waals surface area contributed by atoms with Crippen LogP contribution in [0.1, 0.15) is 49.9 Å². The van der Waals surface area contributed by atoms with Crippen molar-refractivity contribution in [2.45, 2.75) is 53.2 Å². The molecule has 2 rings (SSSR count). The van der Waals surface area contributed by atoms with E-state index in [1.165, 1.54) is 17.5 Å². The number of hydrogen-bond donors (Lipinski definition) is 1. The second-order valence-corrected chi connectivity index (χ2v) is 7.89. The number of nitrogens with zero attached hydrogens (tertiary/aromatic N) is 3. The Hall–Kier alpha value is -2.19. The zero-order chi connectivity index (χ0) is 20.1. The zero-order valence-corrected chi connectivity index (χ0v) is 17.2. The first-order chi connectivity index (χ1) is 12.8. The lowest BCUT2D eigenvalue weighted by atomic mass is 10.2. The van der Waals surface area contributed by atoms with Gasteiger partial charge in [-0.1, -0.05) is 5.16 Å². The van der Waals surface area contributed by atoms with Gasteiger partial charge in [0, 0.05) is 31.4 Å². The number of carboxylic acid groups (broad SMARTS) is 1. The summed E-state index contributed by atoms with van der Waals surface area (Å²) in [5, 5.41) is 13.6. The first kappa shape index (κ1) is 21.1. The van der Waals surface area contributed by atoms with E-state index in [1.807, 2.05) is 6.92 Å². The topological polar surface area (TPSA) is 84.1 Å². The van der Waals surface area contributed by atoms with Crippen LogP contribution >= 0.6 is 11.3 Å². The second-order valence-electron chi connectivity index (χ2n) is 6.82. The van der Waals surface area contributed by atoms with Gasteiger partial charge in [-0.2, -0.15) is 0 Å². The molecule has 0 atom stereocenters. The smallest absolute Gasteiger partial charge is 0.341 e. The van der Waals surface area contributed by atoms with E-state index in [2.05, 4.69) is 37.8 Å². The molecule has 27 heavy (non-hydrogen) atoms. The average Bonchev–Trinajstić information content (AvgIpc) is 3.02. The molecule has 148 valence electrons. The largest absolute Gasteiger partial charge is 0.477 e. The van der Waals surface area contributed by atoms with Crippen LogP contribution in [-0.2, 0) is 11.4 Å². The van der Waals surface area contributed by atoms with Crippen LogP contribution in [0, 0.1) is 0 Å². The minimum Gasteiger partial charge on any atom is -0.477 e. The monoisotopic (exact) mass is 393 g/mol. The van der Waals surface area contributed by atoms with Crippen molar-refractivity contribution in [2.75, 3.05) is 13.2 Å². The van der Waals surface area contributed by atoms with Crippen molar-refractivity contribution >= 4 is 33.7 Å². The molecule has 0 spiro atoms. The number of hydrogen-bond acceptors (Lipinski definition) is 6. The number of carbonyl (C=O) groups is 1. The Morgan fingerprint density at radius 3 is 2.59 bits per heavy atom. The Labute approximate surface area is 162 Å². The Morgan fingerprint density at radius 2 is 2.04 bits per heavy atom. The van der Waals surface area contributed by atoms with Gasteiger partial charge in [-0.25, -0.2) is 4.79 Å². The van der Waals surface area contributed by atoms with Crippen molar-refractivity contribution in [1.29, 1.82) is 0 Å². The molecule has 0 radical (unpaired) electrons. The van der Waals surface area contributed by atoms with Gasteiger partial charge in [0.25, 0.3) is 0 Å². The minimum absolute atomic E-state index is 0.218. The Bertz CT molecular complexity index is 875. The molecule has 0 fully saturated rings. The highest BCUT2D eigenvalue weighted by molar-refractivity contribution is 7.20. The molecule has 2 aromatic rings. The summed E-state index contributed by atoms with van der Waals surface area (Å²) < 4.78 is 1.77. The van der Waals surface area contributed by atoms with Crippen molar-refractivity contribution in [3.63, 3.8) is 0 Å². The van der Waals surface area contributed by atoms with E-state index in [0.29, 0.717) is 30.6 Å². The lowest BCUT2D eigenvalue weighted by molar-refractivity contribution is 0.0695. The van der Waals surface area contributed by atoms with Gasteiger partial charge in [0.15, 0.2) is 0 Å². The third kappa shape index (κ3) is 4.95. The van der Waals surface area contributed by atoms with Gasteiger partial charge in [-0.15, -0.1) is 11.3 Å². The van der Waals surface area contributed by atoms with Crippen molar-refractivity contribution in [3.8, 4) is 0 Å². The van der Waals surface area contributed by atoms with Crippen LogP contribution in [0.2, 0.25) is 0 Å². The van der Waals surface area contributed by atoms with E-state index < -0.39 is 11.4 Å². The van der Waals surface area contributed by atoms with Crippen molar-refractivity contribution in [1.82, 2.24) is 9.47 Å². The number of pyridine rings is 1. The summed E-state index contributed by atoms with van der Waals surface area (Å²) in [5.74, 6) is -1.21. The molecule has 0 aromatic carbocycles. The normalized spacial score (nSPS) is 12.1. The number of aryl methyl sites for hydroxylation is 1. The summed E-state index contributed by atoms with van der Waals surface area (Å²) >= 11 is 1.39. The van der Waals surface area contributed by atoms with Crippen LogP contribution in [0.25, 0.3) is 10.2 Å². The maximum atomic E-state index is 12.4. The number of oxime groups is 1. The molecule has 0 amide bonds. The van der Waals surface area contributed by atoms with Gasteiger partial charge in [0.1, 0.15) is 17.0 Å². The molecule has 0 unspecified atom stereocenters. The molecule has 1 N–H and O–H groups in total. The standard InChI is InChI=1S/C19H27N3O4S/c1-6-21-11-16(19(24)25)17(23)15-9-14(27-18(15)21)10-20-26-8-7-22(12(2)3)13(4)5/h9-13H,6-8H2,1-5H3,(H,24,25)/b20-10+. The number of fused-ring (bicyclic) bond motifs is 1. The summed E-state index contributed by atoms with van der Waals surface area (Å²) in [6.45, 7) is 12.3. The third-order valence-electron chi connectivity index (χ3n) is 4.36. The molecular weight excluding hydrogens is 366 g/mol. The summed E-state index contributed by atoms with van der Waals surface area (Å²) in [6.07, 6.45) is 2.97. The summed E-state index contributed by atoms with van der Waals surface area (Å²) in [5.41, 5.74) is -0.687. The van der Waals surface area contributed by atoms with Crippen molar-refractivity contribution in [2.24, 2.45) is 5.16 Å². The van der Waals surface area contributed by atoms with Crippen LogP contribution in [0.15, 0.2) is 22.2 Å². The lowest BCUT2D eigenvalue weighted by Gasteiger charge is -2.29. The fourth-order valence-corrected chi connectivity index (χ4v) is 4.10. The summed E-state index contributed by atoms with van der Waals surface area (Å²) in [7, 11) is 0. The van der Waals surface area contributed by atoms with E-state index in [9.17, 15) is 14.7 Å². The van der Waals surface area contributed by atoms with Gasteiger partial charge >= 0.3 is 5.97 Å². The maximum Gasteiger partial charge on any atom is 0.341 e. The van der Waals surface area contributed by atoms with Gasteiger partial charge in [-0.3, -0.25) is 9.69 Å². The van der Waals surface area contributed by atoms with Gasteiger partial charge in [-0.05, 0) is 40.7 Å².